The molecular weight excluding hydrogens is 450 g/mol. The number of benzene rings is 2. The molecule has 0 saturated carbocycles. The molecule has 0 amide bonds. The van der Waals surface area contributed by atoms with Gasteiger partial charge in [0.2, 0.25) is 0 Å². The topological polar surface area (TPSA) is 41.3 Å². The molecule has 3 heterocycles. The Hall–Kier alpha value is -3.15. The van der Waals surface area contributed by atoms with Crippen LogP contribution in [-0.2, 0) is 0 Å². The molecule has 4 nitrogen and oxygen atoms in total. The number of pyridine rings is 1. The van der Waals surface area contributed by atoms with Crippen LogP contribution < -0.4 is 10.2 Å². The van der Waals surface area contributed by atoms with E-state index in [4.69, 9.17) is 28.2 Å². The lowest BCUT2D eigenvalue weighted by Crippen LogP contribution is -2.29. The van der Waals surface area contributed by atoms with Gasteiger partial charge in [0.05, 0.1) is 11.7 Å². The molecule has 6 heteroatoms. The van der Waals surface area contributed by atoms with Gasteiger partial charge in [-0.1, -0.05) is 35.9 Å². The van der Waals surface area contributed by atoms with Crippen LogP contribution in [0.3, 0.4) is 0 Å². The molecule has 4 aromatic rings. The predicted molar refractivity (Wildman–Crippen MR) is 138 cm³/mol. The molecule has 0 bridgehead atoms. The van der Waals surface area contributed by atoms with Crippen molar-refractivity contribution in [2.45, 2.75) is 32.9 Å². The van der Waals surface area contributed by atoms with Gasteiger partial charge < -0.3 is 14.6 Å². The predicted octanol–water partition coefficient (Wildman–Crippen LogP) is 7.10. The van der Waals surface area contributed by atoms with Crippen molar-refractivity contribution in [1.82, 2.24) is 10.3 Å². The molecule has 33 heavy (non-hydrogen) atoms. The van der Waals surface area contributed by atoms with Crippen LogP contribution in [-0.4, -0.2) is 10.1 Å². The molecular formula is C27H24ClN3OS. The minimum Gasteiger partial charge on any atom is -0.459 e. The van der Waals surface area contributed by atoms with Gasteiger partial charge in [-0.2, -0.15) is 0 Å². The van der Waals surface area contributed by atoms with Gasteiger partial charge in [-0.05, 0) is 92.1 Å². The second-order valence-corrected chi connectivity index (χ2v) is 9.23. The molecule has 2 aromatic carbocycles. The summed E-state index contributed by atoms with van der Waals surface area (Å²) in [5.41, 5.74) is 6.37. The molecule has 0 spiro atoms. The molecule has 166 valence electrons. The largest absolute Gasteiger partial charge is 0.459 e. The monoisotopic (exact) mass is 473 g/mol. The van der Waals surface area contributed by atoms with E-state index in [9.17, 15) is 0 Å². The number of anilines is 1. The lowest BCUT2D eigenvalue weighted by Gasteiger charge is -2.26. The summed E-state index contributed by atoms with van der Waals surface area (Å²) >= 11 is 12.2. The number of halogens is 1. The first kappa shape index (κ1) is 21.7. The van der Waals surface area contributed by atoms with Crippen LogP contribution in [0, 0.1) is 20.8 Å². The Labute approximate surface area is 204 Å². The third kappa shape index (κ3) is 4.03. The van der Waals surface area contributed by atoms with E-state index in [0.717, 1.165) is 39.1 Å². The van der Waals surface area contributed by atoms with Crippen LogP contribution >= 0.6 is 23.8 Å². The molecule has 2 aromatic heterocycles. The Kier molecular flexibility index (Phi) is 5.69. The maximum atomic E-state index is 6.43. The summed E-state index contributed by atoms with van der Waals surface area (Å²) in [7, 11) is 0. The highest BCUT2D eigenvalue weighted by Gasteiger charge is 2.42. The number of nitrogens with one attached hydrogen (secondary N) is 1. The number of aryl methyl sites for hydroxylation is 3. The highest BCUT2D eigenvalue weighted by molar-refractivity contribution is 7.80. The number of nitrogens with zero attached hydrogens (tertiary/aromatic N) is 2. The standard InChI is InChI=1S/C27H24ClN3OS/c1-16-8-10-20(14-18(16)3)31-26(25(30-27(31)33)22-6-4-5-13-29-22)24-12-11-23(32-24)19-9-7-17(2)21(28)15-19/h4-15,25-26H,1-3H3,(H,30,33)/t25-,26-/m0/s1. The van der Waals surface area contributed by atoms with Crippen LogP contribution in [0.2, 0.25) is 5.02 Å². The Morgan fingerprint density at radius 3 is 2.48 bits per heavy atom. The van der Waals surface area contributed by atoms with Gasteiger partial charge in [0.15, 0.2) is 5.11 Å². The zero-order valence-electron chi connectivity index (χ0n) is 18.7. The van der Waals surface area contributed by atoms with Crippen molar-refractivity contribution in [2.75, 3.05) is 4.90 Å². The summed E-state index contributed by atoms with van der Waals surface area (Å²) in [5, 5.41) is 4.85. The third-order valence-corrected chi connectivity index (χ3v) is 6.96. The number of hydrogen-bond acceptors (Lipinski definition) is 3. The van der Waals surface area contributed by atoms with Crippen LogP contribution in [0.5, 0.6) is 0 Å². The van der Waals surface area contributed by atoms with Gasteiger partial charge >= 0.3 is 0 Å². The molecule has 0 radical (unpaired) electrons. The van der Waals surface area contributed by atoms with Gasteiger partial charge in [-0.3, -0.25) is 4.98 Å². The van der Waals surface area contributed by atoms with Crippen molar-refractivity contribution in [3.8, 4) is 11.3 Å². The Morgan fingerprint density at radius 1 is 0.939 bits per heavy atom. The summed E-state index contributed by atoms with van der Waals surface area (Å²) < 4.78 is 6.43. The number of aromatic nitrogens is 1. The third-order valence-electron chi connectivity index (χ3n) is 6.24. The smallest absolute Gasteiger partial charge is 0.174 e. The number of thiocarbonyl (C=S) groups is 1. The Balaban J connectivity index is 1.61. The van der Waals surface area contributed by atoms with Crippen LogP contribution in [0.4, 0.5) is 5.69 Å². The van der Waals surface area contributed by atoms with E-state index < -0.39 is 0 Å². The van der Waals surface area contributed by atoms with Gasteiger partial charge in [0, 0.05) is 22.5 Å². The molecule has 1 saturated heterocycles. The van der Waals surface area contributed by atoms with Crippen molar-refractivity contribution in [3.63, 3.8) is 0 Å². The lowest BCUT2D eigenvalue weighted by molar-refractivity contribution is 0.439. The van der Waals surface area contributed by atoms with Gasteiger partial charge in [-0.15, -0.1) is 0 Å². The number of furan rings is 1. The first-order valence-corrected chi connectivity index (χ1v) is 11.6. The van der Waals surface area contributed by atoms with Crippen molar-refractivity contribution in [3.05, 3.63) is 106 Å². The Morgan fingerprint density at radius 2 is 1.76 bits per heavy atom. The maximum absolute atomic E-state index is 6.43. The van der Waals surface area contributed by atoms with Crippen molar-refractivity contribution in [1.29, 1.82) is 0 Å². The normalized spacial score (nSPS) is 17.9. The fourth-order valence-corrected chi connectivity index (χ4v) is 4.74. The molecule has 0 aliphatic carbocycles. The highest BCUT2D eigenvalue weighted by atomic mass is 35.5. The fourth-order valence-electron chi connectivity index (χ4n) is 4.21. The molecule has 1 N–H and O–H groups in total. The van der Waals surface area contributed by atoms with E-state index in [1.807, 2.05) is 55.5 Å². The van der Waals surface area contributed by atoms with Crippen molar-refractivity contribution >= 4 is 34.6 Å². The summed E-state index contributed by atoms with van der Waals surface area (Å²) in [4.78, 5) is 6.74. The average Bonchev–Trinajstić information content (AvgIpc) is 3.43. The minimum atomic E-state index is -0.191. The van der Waals surface area contributed by atoms with Crippen molar-refractivity contribution in [2.24, 2.45) is 0 Å². The van der Waals surface area contributed by atoms with Gasteiger partial charge in [0.1, 0.15) is 17.6 Å². The fraction of sp³-hybridized carbons (Fsp3) is 0.185. The van der Waals surface area contributed by atoms with E-state index in [-0.39, 0.29) is 12.1 Å². The highest BCUT2D eigenvalue weighted by Crippen LogP contribution is 2.43. The molecule has 1 aliphatic rings. The first-order valence-electron chi connectivity index (χ1n) is 10.9. The minimum absolute atomic E-state index is 0.152. The SMILES string of the molecule is Cc1ccc(N2C(=S)N[C@@H](c3ccccn3)[C@@H]2c2ccc(-c3ccc(C)c(Cl)c3)o2)cc1C. The lowest BCUT2D eigenvalue weighted by atomic mass is 10.0. The van der Waals surface area contributed by atoms with Gasteiger partial charge in [0.25, 0.3) is 0 Å². The number of rotatable bonds is 4. The van der Waals surface area contributed by atoms with E-state index in [1.165, 1.54) is 11.1 Å². The van der Waals surface area contributed by atoms with E-state index in [1.54, 1.807) is 6.20 Å². The quantitative estimate of drug-likeness (QED) is 0.320. The second kappa shape index (κ2) is 8.65. The second-order valence-electron chi connectivity index (χ2n) is 8.43. The van der Waals surface area contributed by atoms with Crippen LogP contribution in [0.1, 0.15) is 40.2 Å². The Bertz CT molecular complexity index is 1330. The summed E-state index contributed by atoms with van der Waals surface area (Å²) in [6.07, 6.45) is 1.80. The zero-order valence-corrected chi connectivity index (χ0v) is 20.2. The molecule has 0 unspecified atom stereocenters. The van der Waals surface area contributed by atoms with Crippen LogP contribution in [0.25, 0.3) is 11.3 Å². The van der Waals surface area contributed by atoms with Crippen LogP contribution in [0.15, 0.2) is 77.3 Å². The summed E-state index contributed by atoms with van der Waals surface area (Å²) in [6, 6.07) is 22.0. The van der Waals surface area contributed by atoms with Crippen molar-refractivity contribution < 1.29 is 4.42 Å². The number of hydrogen-bond donors (Lipinski definition) is 1. The van der Waals surface area contributed by atoms with E-state index >= 15 is 0 Å². The van der Waals surface area contributed by atoms with E-state index in [2.05, 4.69) is 47.2 Å². The summed E-state index contributed by atoms with van der Waals surface area (Å²) in [5.74, 6) is 1.58. The summed E-state index contributed by atoms with van der Waals surface area (Å²) in [6.45, 7) is 6.21. The van der Waals surface area contributed by atoms with E-state index in [0.29, 0.717) is 5.11 Å². The molecule has 2 atom stereocenters. The van der Waals surface area contributed by atoms with Gasteiger partial charge in [-0.25, -0.2) is 0 Å². The zero-order chi connectivity index (χ0) is 23.1. The first-order chi connectivity index (χ1) is 15.9. The molecule has 1 aliphatic heterocycles. The molecule has 1 fully saturated rings. The molecule has 5 rings (SSSR count). The average molecular weight is 474 g/mol. The maximum Gasteiger partial charge on any atom is 0.174 e.